The molecule has 1 N–H and O–H groups in total. The molecule has 2 nitrogen and oxygen atoms in total. The smallest absolute Gasteiger partial charge is 0.134 e. The molecule has 0 saturated heterocycles. The molecule has 2 heteroatoms. The fourth-order valence-electron chi connectivity index (χ4n) is 1.62. The van der Waals surface area contributed by atoms with Crippen molar-refractivity contribution in [3.63, 3.8) is 0 Å². The highest BCUT2D eigenvalue weighted by atomic mass is 16.3. The van der Waals surface area contributed by atoms with Gasteiger partial charge in [-0.15, -0.1) is 0 Å². The van der Waals surface area contributed by atoms with Crippen LogP contribution in [-0.4, -0.2) is 6.54 Å². The van der Waals surface area contributed by atoms with Gasteiger partial charge in [-0.05, 0) is 25.6 Å². The highest BCUT2D eigenvalue weighted by Gasteiger charge is 2.09. The Morgan fingerprint density at radius 1 is 1.36 bits per heavy atom. The zero-order chi connectivity index (χ0) is 9.97. The topological polar surface area (TPSA) is 25.2 Å². The predicted octanol–water partition coefficient (Wildman–Crippen LogP) is 3.10. The van der Waals surface area contributed by atoms with Gasteiger partial charge in [-0.2, -0.15) is 0 Å². The first-order chi connectivity index (χ1) is 6.81. The van der Waals surface area contributed by atoms with Gasteiger partial charge in [-0.25, -0.2) is 0 Å². The first kappa shape index (κ1) is 9.28. The maximum Gasteiger partial charge on any atom is 0.134 e. The molecule has 0 amide bonds. The summed E-state index contributed by atoms with van der Waals surface area (Å²) in [6.07, 6.45) is 0. The molecule has 74 valence electrons. The highest BCUT2D eigenvalue weighted by Crippen LogP contribution is 2.23. The second kappa shape index (κ2) is 3.84. The number of nitrogens with one attached hydrogen (secondary N) is 1. The van der Waals surface area contributed by atoms with Crippen molar-refractivity contribution in [2.45, 2.75) is 19.9 Å². The lowest BCUT2D eigenvalue weighted by molar-refractivity contribution is 0.459. The largest absolute Gasteiger partial charge is 0.459 e. The highest BCUT2D eigenvalue weighted by molar-refractivity contribution is 5.77. The van der Waals surface area contributed by atoms with Crippen molar-refractivity contribution in [1.29, 1.82) is 0 Å². The van der Waals surface area contributed by atoms with Crippen molar-refractivity contribution < 1.29 is 4.42 Å². The molecule has 0 bridgehead atoms. The number of furan rings is 1. The van der Waals surface area contributed by atoms with Crippen LogP contribution in [0.25, 0.3) is 11.0 Å². The van der Waals surface area contributed by atoms with Crippen molar-refractivity contribution >= 4 is 11.0 Å². The van der Waals surface area contributed by atoms with Gasteiger partial charge in [0.2, 0.25) is 0 Å². The molecule has 1 atom stereocenters. The molecule has 0 aliphatic heterocycles. The Labute approximate surface area is 83.9 Å². The molecular formula is C12H15NO. The van der Waals surface area contributed by atoms with Crippen molar-refractivity contribution in [3.8, 4) is 0 Å². The lowest BCUT2D eigenvalue weighted by atomic mass is 10.2. The molecule has 0 unspecified atom stereocenters. The molecule has 0 saturated carbocycles. The van der Waals surface area contributed by atoms with Gasteiger partial charge >= 0.3 is 0 Å². The number of para-hydroxylation sites is 1. The minimum Gasteiger partial charge on any atom is -0.459 e. The Morgan fingerprint density at radius 2 is 2.14 bits per heavy atom. The Bertz CT molecular complexity index is 386. The van der Waals surface area contributed by atoms with Crippen LogP contribution in [0, 0.1) is 0 Å². The van der Waals surface area contributed by atoms with E-state index in [2.05, 4.69) is 31.3 Å². The maximum atomic E-state index is 5.72. The monoisotopic (exact) mass is 189 g/mol. The van der Waals surface area contributed by atoms with Crippen LogP contribution in [0.3, 0.4) is 0 Å². The Hall–Kier alpha value is -1.28. The van der Waals surface area contributed by atoms with E-state index in [0.717, 1.165) is 17.9 Å². The third-order valence-electron chi connectivity index (χ3n) is 2.38. The molecule has 0 radical (unpaired) electrons. The SMILES string of the molecule is CCN[C@H](C)c1cc2ccccc2o1. The molecule has 1 aromatic carbocycles. The molecule has 0 spiro atoms. The van der Waals surface area contributed by atoms with Crippen LogP contribution in [0.15, 0.2) is 34.7 Å². The molecule has 2 rings (SSSR count). The van der Waals surface area contributed by atoms with Crippen LogP contribution >= 0.6 is 0 Å². The van der Waals surface area contributed by atoms with E-state index in [0.29, 0.717) is 0 Å². The minimum atomic E-state index is 0.285. The number of fused-ring (bicyclic) bond motifs is 1. The van der Waals surface area contributed by atoms with E-state index in [1.165, 1.54) is 5.39 Å². The van der Waals surface area contributed by atoms with Gasteiger partial charge in [0.15, 0.2) is 0 Å². The van der Waals surface area contributed by atoms with E-state index >= 15 is 0 Å². The van der Waals surface area contributed by atoms with Gasteiger partial charge < -0.3 is 9.73 Å². The summed E-state index contributed by atoms with van der Waals surface area (Å²) in [5, 5.41) is 4.50. The van der Waals surface area contributed by atoms with Crippen molar-refractivity contribution in [2.24, 2.45) is 0 Å². The van der Waals surface area contributed by atoms with Gasteiger partial charge in [0.25, 0.3) is 0 Å². The van der Waals surface area contributed by atoms with Gasteiger partial charge in [-0.1, -0.05) is 25.1 Å². The normalized spacial score (nSPS) is 13.3. The van der Waals surface area contributed by atoms with E-state index < -0.39 is 0 Å². The molecule has 2 aromatic rings. The second-order valence-corrected chi connectivity index (χ2v) is 3.47. The zero-order valence-corrected chi connectivity index (χ0v) is 8.58. The molecule has 0 fully saturated rings. The summed E-state index contributed by atoms with van der Waals surface area (Å²) < 4.78 is 5.72. The average Bonchev–Trinajstić information content (AvgIpc) is 2.61. The first-order valence-corrected chi connectivity index (χ1v) is 5.03. The lowest BCUT2D eigenvalue weighted by Crippen LogP contribution is -2.16. The fourth-order valence-corrected chi connectivity index (χ4v) is 1.62. The summed E-state index contributed by atoms with van der Waals surface area (Å²) in [6.45, 7) is 5.17. The number of hydrogen-bond acceptors (Lipinski definition) is 2. The third kappa shape index (κ3) is 1.66. The van der Waals surface area contributed by atoms with E-state index in [1.54, 1.807) is 0 Å². The second-order valence-electron chi connectivity index (χ2n) is 3.47. The summed E-state index contributed by atoms with van der Waals surface area (Å²) in [5.74, 6) is 1.01. The summed E-state index contributed by atoms with van der Waals surface area (Å²) in [4.78, 5) is 0. The van der Waals surface area contributed by atoms with Crippen molar-refractivity contribution in [3.05, 3.63) is 36.1 Å². The summed E-state index contributed by atoms with van der Waals surface area (Å²) >= 11 is 0. The summed E-state index contributed by atoms with van der Waals surface area (Å²) in [7, 11) is 0. The lowest BCUT2D eigenvalue weighted by Gasteiger charge is -2.07. The Balaban J connectivity index is 2.35. The van der Waals surface area contributed by atoms with Crippen LogP contribution in [-0.2, 0) is 0 Å². The molecule has 0 aliphatic rings. The van der Waals surface area contributed by atoms with E-state index in [1.807, 2.05) is 18.2 Å². The molecule has 14 heavy (non-hydrogen) atoms. The van der Waals surface area contributed by atoms with Crippen LogP contribution < -0.4 is 5.32 Å². The molecule has 1 heterocycles. The molecular weight excluding hydrogens is 174 g/mol. The summed E-state index contributed by atoms with van der Waals surface area (Å²) in [6, 6.07) is 10.5. The summed E-state index contributed by atoms with van der Waals surface area (Å²) in [5.41, 5.74) is 0.965. The maximum absolute atomic E-state index is 5.72. The molecule has 1 aromatic heterocycles. The average molecular weight is 189 g/mol. The van der Waals surface area contributed by atoms with Crippen LogP contribution in [0.4, 0.5) is 0 Å². The first-order valence-electron chi connectivity index (χ1n) is 5.03. The Morgan fingerprint density at radius 3 is 2.86 bits per heavy atom. The predicted molar refractivity (Wildman–Crippen MR) is 58.3 cm³/mol. The van der Waals surface area contributed by atoms with Crippen LogP contribution in [0.1, 0.15) is 25.6 Å². The van der Waals surface area contributed by atoms with Gasteiger partial charge in [0.05, 0.1) is 6.04 Å². The minimum absolute atomic E-state index is 0.285. The van der Waals surface area contributed by atoms with Crippen molar-refractivity contribution in [1.82, 2.24) is 5.32 Å². The quantitative estimate of drug-likeness (QED) is 0.802. The van der Waals surface area contributed by atoms with Crippen LogP contribution in [0.5, 0.6) is 0 Å². The number of hydrogen-bond donors (Lipinski definition) is 1. The zero-order valence-electron chi connectivity index (χ0n) is 8.58. The van der Waals surface area contributed by atoms with Gasteiger partial charge in [0.1, 0.15) is 11.3 Å². The van der Waals surface area contributed by atoms with Crippen molar-refractivity contribution in [2.75, 3.05) is 6.54 Å². The van der Waals surface area contributed by atoms with E-state index in [-0.39, 0.29) is 6.04 Å². The standard InChI is InChI=1S/C12H15NO/c1-3-13-9(2)12-8-10-6-4-5-7-11(10)14-12/h4-9,13H,3H2,1-2H3/t9-/m1/s1. The Kier molecular flexibility index (Phi) is 2.55. The third-order valence-corrected chi connectivity index (χ3v) is 2.38. The molecule has 0 aliphatic carbocycles. The van der Waals surface area contributed by atoms with Crippen LogP contribution in [0.2, 0.25) is 0 Å². The number of benzene rings is 1. The van der Waals surface area contributed by atoms with E-state index in [9.17, 15) is 0 Å². The van der Waals surface area contributed by atoms with E-state index in [4.69, 9.17) is 4.42 Å². The fraction of sp³-hybridized carbons (Fsp3) is 0.333. The van der Waals surface area contributed by atoms with Gasteiger partial charge in [0, 0.05) is 5.39 Å². The number of rotatable bonds is 3. The van der Waals surface area contributed by atoms with Gasteiger partial charge in [-0.3, -0.25) is 0 Å².